The van der Waals surface area contributed by atoms with Crippen molar-refractivity contribution in [1.82, 2.24) is 0 Å². The Morgan fingerprint density at radius 3 is 2.32 bits per heavy atom. The van der Waals surface area contributed by atoms with Crippen molar-refractivity contribution in [3.05, 3.63) is 51.4 Å². The van der Waals surface area contributed by atoms with Crippen LogP contribution in [0.1, 0.15) is 55.4 Å². The Bertz CT molecular complexity index is 806. The highest BCUT2D eigenvalue weighted by Gasteiger charge is 2.24. The second-order valence-electron chi connectivity index (χ2n) is 5.68. The van der Waals surface area contributed by atoms with E-state index in [0.29, 0.717) is 26.6 Å². The summed E-state index contributed by atoms with van der Waals surface area (Å²) >= 11 is 1.17. The predicted octanol–water partition coefficient (Wildman–Crippen LogP) is 4.04. The SMILES string of the molecule is CCOC(=O)c1c(NCC(=O)c2ccc(C)cc2)sc(C(C)=O)c1C. The third kappa shape index (κ3) is 4.33. The van der Waals surface area contributed by atoms with Crippen LogP contribution in [0.2, 0.25) is 0 Å². The maximum absolute atomic E-state index is 12.3. The quantitative estimate of drug-likeness (QED) is 0.597. The van der Waals surface area contributed by atoms with Gasteiger partial charge in [0.2, 0.25) is 0 Å². The smallest absolute Gasteiger partial charge is 0.341 e. The molecule has 0 saturated carbocycles. The molecule has 0 aliphatic heterocycles. The Labute approximate surface area is 151 Å². The zero-order valence-electron chi connectivity index (χ0n) is 14.8. The number of carbonyl (C=O) groups is 3. The number of ether oxygens (including phenoxy) is 1. The van der Waals surface area contributed by atoms with Gasteiger partial charge in [0.05, 0.1) is 23.6 Å². The second-order valence-corrected chi connectivity index (χ2v) is 6.70. The summed E-state index contributed by atoms with van der Waals surface area (Å²) in [6.07, 6.45) is 0. The molecule has 1 heterocycles. The van der Waals surface area contributed by atoms with Crippen LogP contribution in [0.3, 0.4) is 0 Å². The summed E-state index contributed by atoms with van der Waals surface area (Å²) < 4.78 is 5.08. The minimum atomic E-state index is -0.492. The number of nitrogens with one attached hydrogen (secondary N) is 1. The van der Waals surface area contributed by atoms with Crippen LogP contribution >= 0.6 is 11.3 Å². The fourth-order valence-electron chi connectivity index (χ4n) is 2.42. The maximum atomic E-state index is 12.3. The third-order valence-electron chi connectivity index (χ3n) is 3.73. The van der Waals surface area contributed by atoms with Gasteiger partial charge in [0.1, 0.15) is 5.00 Å². The molecule has 0 aliphatic rings. The van der Waals surface area contributed by atoms with Gasteiger partial charge >= 0.3 is 5.97 Å². The fraction of sp³-hybridized carbons (Fsp3) is 0.316. The van der Waals surface area contributed by atoms with E-state index < -0.39 is 5.97 Å². The summed E-state index contributed by atoms with van der Waals surface area (Å²) in [6, 6.07) is 7.29. The number of thiophene rings is 1. The average Bonchev–Trinajstić information content (AvgIpc) is 2.90. The molecule has 5 nitrogen and oxygen atoms in total. The van der Waals surface area contributed by atoms with Gasteiger partial charge in [0, 0.05) is 5.56 Å². The number of ketones is 2. The predicted molar refractivity (Wildman–Crippen MR) is 99.0 cm³/mol. The number of rotatable bonds is 7. The van der Waals surface area contributed by atoms with E-state index in [1.165, 1.54) is 18.3 Å². The van der Waals surface area contributed by atoms with Gasteiger partial charge in [-0.3, -0.25) is 9.59 Å². The van der Waals surface area contributed by atoms with Crippen LogP contribution in [0.4, 0.5) is 5.00 Å². The Kier molecular flexibility index (Phi) is 6.09. The zero-order valence-corrected chi connectivity index (χ0v) is 15.6. The number of aryl methyl sites for hydroxylation is 1. The summed E-state index contributed by atoms with van der Waals surface area (Å²) in [5, 5.41) is 3.49. The molecule has 0 fully saturated rings. The number of hydrogen-bond donors (Lipinski definition) is 1. The molecule has 0 unspecified atom stereocenters. The van der Waals surface area contributed by atoms with E-state index in [2.05, 4.69) is 5.32 Å². The molecule has 0 saturated heterocycles. The van der Waals surface area contributed by atoms with Crippen LogP contribution in [-0.4, -0.2) is 30.7 Å². The molecule has 132 valence electrons. The van der Waals surface area contributed by atoms with Crippen molar-refractivity contribution in [2.45, 2.75) is 27.7 Å². The monoisotopic (exact) mass is 359 g/mol. The standard InChI is InChI=1S/C19H21NO4S/c1-5-24-19(23)16-12(3)17(13(4)21)25-18(16)20-10-15(22)14-8-6-11(2)7-9-14/h6-9,20H,5,10H2,1-4H3. The van der Waals surface area contributed by atoms with Gasteiger partial charge in [0.15, 0.2) is 11.6 Å². The minimum absolute atomic E-state index is 0.0345. The molecular weight excluding hydrogens is 338 g/mol. The van der Waals surface area contributed by atoms with Gasteiger partial charge < -0.3 is 10.1 Å². The molecule has 0 spiro atoms. The highest BCUT2D eigenvalue weighted by atomic mass is 32.1. The molecule has 0 amide bonds. The Balaban J connectivity index is 2.24. The van der Waals surface area contributed by atoms with E-state index in [0.717, 1.165) is 5.56 Å². The van der Waals surface area contributed by atoms with E-state index in [1.807, 2.05) is 19.1 Å². The Hall–Kier alpha value is -2.47. The van der Waals surface area contributed by atoms with Gasteiger partial charge in [0.25, 0.3) is 0 Å². The van der Waals surface area contributed by atoms with Crippen LogP contribution in [0.5, 0.6) is 0 Å². The van der Waals surface area contributed by atoms with Crippen LogP contribution < -0.4 is 5.32 Å². The molecule has 1 N–H and O–H groups in total. The topological polar surface area (TPSA) is 72.5 Å². The lowest BCUT2D eigenvalue weighted by molar-refractivity contribution is 0.0527. The Morgan fingerprint density at radius 2 is 1.76 bits per heavy atom. The molecule has 1 aromatic heterocycles. The number of carbonyl (C=O) groups excluding carboxylic acids is 3. The van der Waals surface area contributed by atoms with Crippen molar-refractivity contribution in [1.29, 1.82) is 0 Å². The lowest BCUT2D eigenvalue weighted by Crippen LogP contribution is -2.16. The van der Waals surface area contributed by atoms with Gasteiger partial charge in [-0.2, -0.15) is 0 Å². The first kappa shape index (κ1) is 18.9. The summed E-state index contributed by atoms with van der Waals surface area (Å²) in [4.78, 5) is 36.8. The molecule has 2 aromatic rings. The zero-order chi connectivity index (χ0) is 18.6. The number of esters is 1. The molecule has 0 aliphatic carbocycles. The number of Topliss-reactive ketones (excluding diaryl/α,β-unsaturated/α-hetero) is 2. The van der Waals surface area contributed by atoms with Crippen molar-refractivity contribution in [2.75, 3.05) is 18.5 Å². The summed E-state index contributed by atoms with van der Waals surface area (Å²) in [5.41, 5.74) is 2.58. The lowest BCUT2D eigenvalue weighted by atomic mass is 10.1. The van der Waals surface area contributed by atoms with E-state index in [-0.39, 0.29) is 24.7 Å². The van der Waals surface area contributed by atoms with Crippen LogP contribution in [0, 0.1) is 13.8 Å². The first-order chi connectivity index (χ1) is 11.8. The third-order valence-corrected chi connectivity index (χ3v) is 5.08. The number of anilines is 1. The molecule has 1 aromatic carbocycles. The van der Waals surface area contributed by atoms with E-state index in [1.54, 1.807) is 26.0 Å². The summed E-state index contributed by atoms with van der Waals surface area (Å²) in [6.45, 7) is 7.12. The van der Waals surface area contributed by atoms with Crippen LogP contribution in [0.25, 0.3) is 0 Å². The molecule has 0 radical (unpaired) electrons. The highest BCUT2D eigenvalue weighted by Crippen LogP contribution is 2.34. The summed E-state index contributed by atoms with van der Waals surface area (Å²) in [5.74, 6) is -0.703. The largest absolute Gasteiger partial charge is 0.462 e. The molecule has 2 rings (SSSR count). The highest BCUT2D eigenvalue weighted by molar-refractivity contribution is 7.18. The van der Waals surface area contributed by atoms with Gasteiger partial charge in [-0.25, -0.2) is 4.79 Å². The number of hydrogen-bond acceptors (Lipinski definition) is 6. The fourth-order valence-corrected chi connectivity index (χ4v) is 3.51. The maximum Gasteiger partial charge on any atom is 0.341 e. The van der Waals surface area contributed by atoms with Gasteiger partial charge in [-0.1, -0.05) is 29.8 Å². The van der Waals surface area contributed by atoms with Crippen molar-refractivity contribution >= 4 is 33.9 Å². The van der Waals surface area contributed by atoms with Crippen molar-refractivity contribution in [2.24, 2.45) is 0 Å². The first-order valence-electron chi connectivity index (χ1n) is 8.00. The molecule has 25 heavy (non-hydrogen) atoms. The minimum Gasteiger partial charge on any atom is -0.462 e. The average molecular weight is 359 g/mol. The van der Waals surface area contributed by atoms with Crippen LogP contribution in [0.15, 0.2) is 24.3 Å². The Morgan fingerprint density at radius 1 is 1.12 bits per heavy atom. The van der Waals surface area contributed by atoms with Crippen molar-refractivity contribution in [3.8, 4) is 0 Å². The van der Waals surface area contributed by atoms with E-state index >= 15 is 0 Å². The first-order valence-corrected chi connectivity index (χ1v) is 8.82. The normalized spacial score (nSPS) is 10.4. The molecule has 6 heteroatoms. The molecule has 0 bridgehead atoms. The van der Waals surface area contributed by atoms with Crippen molar-refractivity contribution in [3.63, 3.8) is 0 Å². The lowest BCUT2D eigenvalue weighted by Gasteiger charge is -2.08. The van der Waals surface area contributed by atoms with E-state index in [9.17, 15) is 14.4 Å². The molecule has 0 atom stereocenters. The molecular formula is C19H21NO4S. The second kappa shape index (κ2) is 8.07. The summed E-state index contributed by atoms with van der Waals surface area (Å²) in [7, 11) is 0. The van der Waals surface area contributed by atoms with Gasteiger partial charge in [-0.05, 0) is 33.3 Å². The van der Waals surface area contributed by atoms with Crippen LogP contribution in [-0.2, 0) is 4.74 Å². The van der Waals surface area contributed by atoms with Gasteiger partial charge in [-0.15, -0.1) is 11.3 Å². The number of benzene rings is 1. The van der Waals surface area contributed by atoms with Crippen molar-refractivity contribution < 1.29 is 19.1 Å². The van der Waals surface area contributed by atoms with E-state index in [4.69, 9.17) is 4.74 Å².